The maximum Gasteiger partial charge on any atom is 0.142 e. The van der Waals surface area contributed by atoms with Crippen LogP contribution in [0.4, 0.5) is 4.39 Å². The molecule has 0 spiro atoms. The first-order valence-corrected chi connectivity index (χ1v) is 6.92. The molecule has 4 heteroatoms. The quantitative estimate of drug-likeness (QED) is 0.655. The van der Waals surface area contributed by atoms with E-state index in [2.05, 4.69) is 36.6 Å². The first kappa shape index (κ1) is 15.0. The molecule has 2 nitrogen and oxygen atoms in total. The van der Waals surface area contributed by atoms with Gasteiger partial charge in [-0.3, -0.25) is 11.3 Å². The largest absolute Gasteiger partial charge is 0.271 e. The molecule has 1 atom stereocenters. The van der Waals surface area contributed by atoms with Gasteiger partial charge in [-0.05, 0) is 43.0 Å². The van der Waals surface area contributed by atoms with E-state index in [-0.39, 0.29) is 11.1 Å². The molecule has 0 bridgehead atoms. The van der Waals surface area contributed by atoms with Crippen molar-refractivity contribution in [3.8, 4) is 0 Å². The van der Waals surface area contributed by atoms with Gasteiger partial charge < -0.3 is 0 Å². The zero-order chi connectivity index (χ0) is 14.5. The summed E-state index contributed by atoms with van der Waals surface area (Å²) < 4.78 is 13.4. The van der Waals surface area contributed by atoms with Gasteiger partial charge in [-0.2, -0.15) is 0 Å². The highest BCUT2D eigenvalue weighted by Crippen LogP contribution is 2.17. The molecule has 0 fully saturated rings. The van der Waals surface area contributed by atoms with Crippen molar-refractivity contribution < 1.29 is 4.39 Å². The van der Waals surface area contributed by atoms with Crippen LogP contribution in [0.3, 0.4) is 0 Å². The van der Waals surface area contributed by atoms with Crippen molar-refractivity contribution in [1.82, 2.24) is 5.43 Å². The molecule has 2 aromatic rings. The summed E-state index contributed by atoms with van der Waals surface area (Å²) in [6, 6.07) is 13.2. The Morgan fingerprint density at radius 1 is 1.10 bits per heavy atom. The maximum absolute atomic E-state index is 13.4. The first-order valence-electron chi connectivity index (χ1n) is 6.54. The van der Waals surface area contributed by atoms with Gasteiger partial charge in [-0.1, -0.05) is 47.5 Å². The predicted molar refractivity (Wildman–Crippen MR) is 81.1 cm³/mol. The Morgan fingerprint density at radius 3 is 2.30 bits per heavy atom. The van der Waals surface area contributed by atoms with Gasteiger partial charge in [0.05, 0.1) is 5.02 Å². The van der Waals surface area contributed by atoms with Gasteiger partial charge in [0.2, 0.25) is 0 Å². The molecular formula is C16H18ClFN2. The second-order valence-electron chi connectivity index (χ2n) is 5.01. The normalized spacial score (nSPS) is 12.4. The number of hydrogen-bond donors (Lipinski definition) is 2. The van der Waals surface area contributed by atoms with E-state index < -0.39 is 5.82 Å². The molecule has 0 amide bonds. The summed E-state index contributed by atoms with van der Waals surface area (Å²) in [6.45, 7) is 2.05. The number of nitrogens with one attached hydrogen (secondary N) is 1. The van der Waals surface area contributed by atoms with Gasteiger partial charge in [0.1, 0.15) is 5.82 Å². The highest BCUT2D eigenvalue weighted by atomic mass is 35.5. The Balaban J connectivity index is 2.04. The summed E-state index contributed by atoms with van der Waals surface area (Å²) in [6.07, 6.45) is 1.44. The van der Waals surface area contributed by atoms with Crippen molar-refractivity contribution in [2.75, 3.05) is 0 Å². The molecule has 3 N–H and O–H groups in total. The third-order valence-corrected chi connectivity index (χ3v) is 3.61. The standard InChI is InChI=1S/C16H18ClFN2/c1-11-2-4-12(5-3-11)8-14(20-19)9-13-6-7-15(17)16(18)10-13/h2-7,10,14,20H,8-9,19H2,1H3. The average molecular weight is 293 g/mol. The Bertz CT molecular complexity index is 569. The number of rotatable bonds is 5. The van der Waals surface area contributed by atoms with E-state index in [0.717, 1.165) is 12.0 Å². The van der Waals surface area contributed by atoms with Crippen LogP contribution < -0.4 is 11.3 Å². The van der Waals surface area contributed by atoms with E-state index in [1.54, 1.807) is 6.07 Å². The van der Waals surface area contributed by atoms with Crippen molar-refractivity contribution in [1.29, 1.82) is 0 Å². The van der Waals surface area contributed by atoms with Crippen molar-refractivity contribution in [2.45, 2.75) is 25.8 Å². The zero-order valence-electron chi connectivity index (χ0n) is 11.4. The molecule has 1 unspecified atom stereocenters. The van der Waals surface area contributed by atoms with Crippen molar-refractivity contribution in [3.63, 3.8) is 0 Å². The van der Waals surface area contributed by atoms with Crippen LogP contribution in [-0.2, 0) is 12.8 Å². The molecule has 0 aliphatic heterocycles. The molecular weight excluding hydrogens is 275 g/mol. The van der Waals surface area contributed by atoms with Crippen LogP contribution in [0.15, 0.2) is 42.5 Å². The Kier molecular flexibility index (Phi) is 5.12. The average Bonchev–Trinajstić information content (AvgIpc) is 2.44. The van der Waals surface area contributed by atoms with E-state index in [9.17, 15) is 4.39 Å². The summed E-state index contributed by atoms with van der Waals surface area (Å²) in [7, 11) is 0. The van der Waals surface area contributed by atoms with Crippen LogP contribution >= 0.6 is 11.6 Å². The van der Waals surface area contributed by atoms with Crippen LogP contribution in [0, 0.1) is 12.7 Å². The summed E-state index contributed by atoms with van der Waals surface area (Å²) in [5.41, 5.74) is 6.10. The van der Waals surface area contributed by atoms with Crippen molar-refractivity contribution >= 4 is 11.6 Å². The van der Waals surface area contributed by atoms with E-state index >= 15 is 0 Å². The van der Waals surface area contributed by atoms with Crippen molar-refractivity contribution in [3.05, 3.63) is 70.0 Å². The number of hydrogen-bond acceptors (Lipinski definition) is 2. The lowest BCUT2D eigenvalue weighted by Crippen LogP contribution is -2.38. The highest BCUT2D eigenvalue weighted by Gasteiger charge is 2.10. The Labute approximate surface area is 123 Å². The fourth-order valence-electron chi connectivity index (χ4n) is 2.15. The van der Waals surface area contributed by atoms with Gasteiger partial charge in [0, 0.05) is 6.04 Å². The van der Waals surface area contributed by atoms with Crippen LogP contribution in [0.25, 0.3) is 0 Å². The van der Waals surface area contributed by atoms with Crippen LogP contribution in [0.5, 0.6) is 0 Å². The molecule has 2 aromatic carbocycles. The zero-order valence-corrected chi connectivity index (χ0v) is 12.1. The van der Waals surface area contributed by atoms with E-state index in [1.165, 1.54) is 17.2 Å². The second kappa shape index (κ2) is 6.84. The molecule has 0 radical (unpaired) electrons. The molecule has 0 aliphatic carbocycles. The summed E-state index contributed by atoms with van der Waals surface area (Å²) in [5.74, 6) is 5.20. The molecule has 0 saturated carbocycles. The highest BCUT2D eigenvalue weighted by molar-refractivity contribution is 6.30. The van der Waals surface area contributed by atoms with E-state index in [0.29, 0.717) is 6.42 Å². The van der Waals surface area contributed by atoms with Crippen LogP contribution in [-0.4, -0.2) is 6.04 Å². The second-order valence-corrected chi connectivity index (χ2v) is 5.41. The summed E-state index contributed by atoms with van der Waals surface area (Å²) >= 11 is 5.68. The number of halogens is 2. The lowest BCUT2D eigenvalue weighted by Gasteiger charge is -2.16. The van der Waals surface area contributed by atoms with Gasteiger partial charge in [-0.25, -0.2) is 4.39 Å². The minimum atomic E-state index is -0.393. The fraction of sp³-hybridized carbons (Fsp3) is 0.250. The fourth-order valence-corrected chi connectivity index (χ4v) is 2.27. The molecule has 0 aliphatic rings. The predicted octanol–water partition coefficient (Wildman–Crippen LogP) is 3.40. The number of aryl methyl sites for hydroxylation is 1. The van der Waals surface area contributed by atoms with E-state index in [1.807, 2.05) is 6.07 Å². The third kappa shape index (κ3) is 4.04. The minimum Gasteiger partial charge on any atom is -0.271 e. The SMILES string of the molecule is Cc1ccc(CC(Cc2ccc(Cl)c(F)c2)NN)cc1. The molecule has 20 heavy (non-hydrogen) atoms. The van der Waals surface area contributed by atoms with Gasteiger partial charge >= 0.3 is 0 Å². The lowest BCUT2D eigenvalue weighted by molar-refractivity contribution is 0.520. The smallest absolute Gasteiger partial charge is 0.142 e. The third-order valence-electron chi connectivity index (χ3n) is 3.30. The molecule has 0 aromatic heterocycles. The van der Waals surface area contributed by atoms with Crippen LogP contribution in [0.1, 0.15) is 16.7 Å². The van der Waals surface area contributed by atoms with Crippen molar-refractivity contribution in [2.24, 2.45) is 5.84 Å². The minimum absolute atomic E-state index is 0.0540. The van der Waals surface area contributed by atoms with Gasteiger partial charge in [0.15, 0.2) is 0 Å². The summed E-state index contributed by atoms with van der Waals surface area (Å²) in [5, 5.41) is 0.143. The molecule has 106 valence electrons. The number of nitrogens with two attached hydrogens (primary N) is 1. The monoisotopic (exact) mass is 292 g/mol. The first-order chi connectivity index (χ1) is 9.58. The maximum atomic E-state index is 13.4. The topological polar surface area (TPSA) is 38.0 Å². The summed E-state index contributed by atoms with van der Waals surface area (Å²) in [4.78, 5) is 0. The number of hydrazine groups is 1. The van der Waals surface area contributed by atoms with E-state index in [4.69, 9.17) is 17.4 Å². The lowest BCUT2D eigenvalue weighted by atomic mass is 9.99. The Hall–Kier alpha value is -1.42. The molecule has 0 saturated heterocycles. The Morgan fingerprint density at radius 2 is 1.70 bits per heavy atom. The van der Waals surface area contributed by atoms with Gasteiger partial charge in [0.25, 0.3) is 0 Å². The van der Waals surface area contributed by atoms with Crippen LogP contribution in [0.2, 0.25) is 5.02 Å². The van der Waals surface area contributed by atoms with Gasteiger partial charge in [-0.15, -0.1) is 0 Å². The number of benzene rings is 2. The molecule has 2 rings (SSSR count). The molecule has 0 heterocycles.